The van der Waals surface area contributed by atoms with Gasteiger partial charge in [0.1, 0.15) is 5.78 Å². The lowest BCUT2D eigenvalue weighted by Crippen LogP contribution is -2.50. The van der Waals surface area contributed by atoms with Gasteiger partial charge in [-0.05, 0) is 55.6 Å². The maximum absolute atomic E-state index is 12.4. The minimum atomic E-state index is -0.129. The van der Waals surface area contributed by atoms with Crippen molar-refractivity contribution in [3.05, 3.63) is 36.0 Å². The van der Waals surface area contributed by atoms with Gasteiger partial charge in [0.25, 0.3) is 0 Å². The molecule has 0 aromatic rings. The van der Waals surface area contributed by atoms with E-state index in [2.05, 4.69) is 26.5 Å². The molecule has 0 aromatic carbocycles. The van der Waals surface area contributed by atoms with Crippen LogP contribution in [0.2, 0.25) is 0 Å². The second kappa shape index (κ2) is 4.31. The highest BCUT2D eigenvalue weighted by Gasteiger charge is 2.59. The third kappa shape index (κ3) is 1.61. The van der Waals surface area contributed by atoms with Crippen LogP contribution in [0, 0.1) is 28.6 Å². The molecule has 3 fully saturated rings. The molecule has 0 N–H and O–H groups in total. The molecule has 0 heterocycles. The SMILES string of the molecule is C=C1CC2=CC(=O)C=C[C@]2(C)[C@H]2CC[C@]3(C)C(=O)CC[C@H]3[C@H]12. The van der Waals surface area contributed by atoms with Gasteiger partial charge in [0, 0.05) is 17.3 Å². The summed E-state index contributed by atoms with van der Waals surface area (Å²) in [5, 5.41) is 0. The van der Waals surface area contributed by atoms with Gasteiger partial charge in [-0.2, -0.15) is 0 Å². The lowest BCUT2D eigenvalue weighted by molar-refractivity contribution is -0.130. The number of carbonyl (C=O) groups excluding carboxylic acids is 2. The Morgan fingerprint density at radius 2 is 1.95 bits per heavy atom. The number of hydrogen-bond donors (Lipinski definition) is 0. The molecule has 4 rings (SSSR count). The Morgan fingerprint density at radius 1 is 1.18 bits per heavy atom. The third-order valence-electron chi connectivity index (χ3n) is 7.24. The van der Waals surface area contributed by atoms with Crippen molar-refractivity contribution in [3.63, 3.8) is 0 Å². The monoisotopic (exact) mass is 296 g/mol. The minimum absolute atomic E-state index is 0.0211. The first-order valence-electron chi connectivity index (χ1n) is 8.51. The molecule has 0 radical (unpaired) electrons. The molecule has 5 atom stereocenters. The zero-order valence-electron chi connectivity index (χ0n) is 13.5. The highest BCUT2D eigenvalue weighted by Crippen LogP contribution is 2.64. The molecule has 2 heteroatoms. The second-order valence-electron chi connectivity index (χ2n) is 8.18. The first-order chi connectivity index (χ1) is 10.4. The molecule has 0 saturated heterocycles. The number of Topliss-reactive ketones (excluding diaryl/α,β-unsaturated/α-hetero) is 1. The molecule has 2 nitrogen and oxygen atoms in total. The fourth-order valence-electron chi connectivity index (χ4n) is 5.86. The maximum atomic E-state index is 12.4. The third-order valence-corrected chi connectivity index (χ3v) is 7.24. The van der Waals surface area contributed by atoms with E-state index in [1.807, 2.05) is 6.08 Å². The summed E-state index contributed by atoms with van der Waals surface area (Å²) in [7, 11) is 0. The lowest BCUT2D eigenvalue weighted by atomic mass is 9.47. The van der Waals surface area contributed by atoms with Crippen molar-refractivity contribution in [2.45, 2.75) is 46.0 Å². The quantitative estimate of drug-likeness (QED) is 0.632. The Bertz CT molecular complexity index is 653. The number of rotatable bonds is 0. The Kier molecular flexibility index (Phi) is 2.77. The zero-order valence-corrected chi connectivity index (χ0v) is 13.5. The summed E-state index contributed by atoms with van der Waals surface area (Å²) >= 11 is 0. The first kappa shape index (κ1) is 14.2. The number of carbonyl (C=O) groups is 2. The van der Waals surface area contributed by atoms with E-state index in [1.165, 1.54) is 11.1 Å². The van der Waals surface area contributed by atoms with Crippen molar-refractivity contribution < 1.29 is 9.59 Å². The summed E-state index contributed by atoms with van der Waals surface area (Å²) in [6.45, 7) is 8.84. The van der Waals surface area contributed by atoms with Crippen LogP contribution in [0.1, 0.15) is 46.0 Å². The standard InChI is InChI=1S/C20H24O2/c1-12-10-13-11-14(21)6-8-19(13,2)16-7-9-20(3)15(18(12)16)4-5-17(20)22/h6,8,11,15-16,18H,1,4-5,7,9-10H2,2-3H3/t15-,16-,18-,19-,20-/m0/s1. The molecule has 0 aliphatic heterocycles. The minimum Gasteiger partial charge on any atom is -0.299 e. The van der Waals surface area contributed by atoms with Gasteiger partial charge in [0.05, 0.1) is 0 Å². The smallest absolute Gasteiger partial charge is 0.178 e. The molecule has 0 aromatic heterocycles. The number of ketones is 2. The summed E-state index contributed by atoms with van der Waals surface area (Å²) in [6, 6.07) is 0. The average molecular weight is 296 g/mol. The predicted molar refractivity (Wildman–Crippen MR) is 86.1 cm³/mol. The average Bonchev–Trinajstić information content (AvgIpc) is 2.77. The van der Waals surface area contributed by atoms with Crippen LogP contribution in [-0.2, 0) is 9.59 Å². The molecule has 0 spiro atoms. The predicted octanol–water partition coefficient (Wildman–Crippen LogP) is 4.03. The van der Waals surface area contributed by atoms with Crippen molar-refractivity contribution >= 4 is 11.6 Å². The van der Waals surface area contributed by atoms with Gasteiger partial charge >= 0.3 is 0 Å². The van der Waals surface area contributed by atoms with E-state index in [9.17, 15) is 9.59 Å². The normalized spacial score (nSPS) is 46.9. The fourth-order valence-corrected chi connectivity index (χ4v) is 5.86. The van der Waals surface area contributed by atoms with Crippen LogP contribution in [0.15, 0.2) is 36.0 Å². The number of hydrogen-bond acceptors (Lipinski definition) is 2. The molecule has 4 aliphatic carbocycles. The first-order valence-corrected chi connectivity index (χ1v) is 8.51. The summed E-state index contributed by atoms with van der Waals surface area (Å²) in [4.78, 5) is 24.2. The van der Waals surface area contributed by atoms with E-state index >= 15 is 0 Å². The molecule has 0 unspecified atom stereocenters. The van der Waals surface area contributed by atoms with Gasteiger partial charge in [-0.3, -0.25) is 9.59 Å². The molecular formula is C20H24O2. The van der Waals surface area contributed by atoms with Crippen molar-refractivity contribution in [1.82, 2.24) is 0 Å². The molecule has 116 valence electrons. The molecular weight excluding hydrogens is 272 g/mol. The van der Waals surface area contributed by atoms with Crippen molar-refractivity contribution in [2.24, 2.45) is 28.6 Å². The highest BCUT2D eigenvalue weighted by atomic mass is 16.1. The summed E-state index contributed by atoms with van der Waals surface area (Å²) in [5.41, 5.74) is 2.34. The van der Waals surface area contributed by atoms with Gasteiger partial charge in [-0.25, -0.2) is 0 Å². The highest BCUT2D eigenvalue weighted by molar-refractivity contribution is 6.01. The van der Waals surface area contributed by atoms with Gasteiger partial charge in [-0.15, -0.1) is 0 Å². The number of allylic oxidation sites excluding steroid dienone is 5. The Labute approximate surface area is 132 Å². The van der Waals surface area contributed by atoms with Crippen LogP contribution in [-0.4, -0.2) is 11.6 Å². The summed E-state index contributed by atoms with van der Waals surface area (Å²) in [6.07, 6.45) is 10.4. The number of fused-ring (bicyclic) bond motifs is 5. The largest absolute Gasteiger partial charge is 0.299 e. The summed E-state index contributed by atoms with van der Waals surface area (Å²) < 4.78 is 0. The Balaban J connectivity index is 1.78. The van der Waals surface area contributed by atoms with Crippen LogP contribution in [0.4, 0.5) is 0 Å². The molecule has 0 amide bonds. The van der Waals surface area contributed by atoms with E-state index < -0.39 is 0 Å². The van der Waals surface area contributed by atoms with Crippen molar-refractivity contribution in [2.75, 3.05) is 0 Å². The van der Waals surface area contributed by atoms with Crippen LogP contribution in [0.5, 0.6) is 0 Å². The van der Waals surface area contributed by atoms with Gasteiger partial charge in [0.15, 0.2) is 5.78 Å². The van der Waals surface area contributed by atoms with Crippen molar-refractivity contribution in [1.29, 1.82) is 0 Å². The van der Waals surface area contributed by atoms with Crippen LogP contribution in [0.25, 0.3) is 0 Å². The van der Waals surface area contributed by atoms with Gasteiger partial charge < -0.3 is 0 Å². The van der Waals surface area contributed by atoms with E-state index in [0.29, 0.717) is 23.5 Å². The maximum Gasteiger partial charge on any atom is 0.178 e. The van der Waals surface area contributed by atoms with Crippen molar-refractivity contribution in [3.8, 4) is 0 Å². The van der Waals surface area contributed by atoms with Crippen LogP contribution >= 0.6 is 0 Å². The fraction of sp³-hybridized carbons (Fsp3) is 0.600. The van der Waals surface area contributed by atoms with Crippen LogP contribution < -0.4 is 0 Å². The zero-order chi connectivity index (χ0) is 15.7. The molecule has 0 bridgehead atoms. The second-order valence-corrected chi connectivity index (χ2v) is 8.18. The van der Waals surface area contributed by atoms with Crippen LogP contribution in [0.3, 0.4) is 0 Å². The van der Waals surface area contributed by atoms with Gasteiger partial charge in [-0.1, -0.05) is 37.6 Å². The molecule has 3 saturated carbocycles. The summed E-state index contributed by atoms with van der Waals surface area (Å²) in [5.74, 6) is 1.95. The van der Waals surface area contributed by atoms with Gasteiger partial charge in [0.2, 0.25) is 0 Å². The van der Waals surface area contributed by atoms with E-state index in [4.69, 9.17) is 0 Å². The Morgan fingerprint density at radius 3 is 2.73 bits per heavy atom. The van der Waals surface area contributed by atoms with E-state index in [0.717, 1.165) is 32.1 Å². The topological polar surface area (TPSA) is 34.1 Å². The Hall–Kier alpha value is -1.44. The molecule has 4 aliphatic rings. The van der Waals surface area contributed by atoms with E-state index in [1.54, 1.807) is 6.08 Å². The molecule has 22 heavy (non-hydrogen) atoms. The lowest BCUT2D eigenvalue weighted by Gasteiger charge is -2.56. The van der Waals surface area contributed by atoms with E-state index in [-0.39, 0.29) is 16.6 Å².